The molecule has 0 aliphatic heterocycles. The van der Waals surface area contributed by atoms with Crippen LogP contribution in [-0.2, 0) is 0 Å². The van der Waals surface area contributed by atoms with E-state index in [1.54, 1.807) is 0 Å². The fourth-order valence-electron chi connectivity index (χ4n) is 3.11. The van der Waals surface area contributed by atoms with Gasteiger partial charge in [0.2, 0.25) is 11.9 Å². The smallest absolute Gasteiger partial charge is 0.225 e. The molecule has 136 valence electrons. The van der Waals surface area contributed by atoms with E-state index in [-0.39, 0.29) is 17.9 Å². The Labute approximate surface area is 153 Å². The molecule has 2 heterocycles. The first-order valence-corrected chi connectivity index (χ1v) is 8.96. The Morgan fingerprint density at radius 2 is 1.65 bits per heavy atom. The van der Waals surface area contributed by atoms with Crippen molar-refractivity contribution in [2.24, 2.45) is 0 Å². The maximum atomic E-state index is 5.82. The highest BCUT2D eigenvalue weighted by atomic mass is 15.2. The molecule has 7 nitrogen and oxygen atoms in total. The van der Waals surface area contributed by atoms with Gasteiger partial charge in [0.05, 0.1) is 11.7 Å². The molecule has 0 fully saturated rings. The van der Waals surface area contributed by atoms with E-state index in [4.69, 9.17) is 16.5 Å². The van der Waals surface area contributed by atoms with Crippen molar-refractivity contribution in [2.75, 3.05) is 11.5 Å². The molecule has 0 radical (unpaired) electrons. The van der Waals surface area contributed by atoms with Gasteiger partial charge < -0.3 is 16.0 Å². The van der Waals surface area contributed by atoms with Gasteiger partial charge in [0.1, 0.15) is 5.82 Å². The van der Waals surface area contributed by atoms with Crippen molar-refractivity contribution in [3.63, 3.8) is 0 Å². The van der Waals surface area contributed by atoms with Crippen LogP contribution in [0.4, 0.5) is 11.9 Å². The second kappa shape index (κ2) is 7.95. The summed E-state index contributed by atoms with van der Waals surface area (Å²) in [6.07, 6.45) is 6.25. The zero-order valence-electron chi connectivity index (χ0n) is 15.3. The summed E-state index contributed by atoms with van der Waals surface area (Å²) in [7, 11) is 0. The monoisotopic (exact) mass is 351 g/mol. The Morgan fingerprint density at radius 3 is 2.31 bits per heavy atom. The summed E-state index contributed by atoms with van der Waals surface area (Å²) < 4.78 is 2.13. The zero-order valence-corrected chi connectivity index (χ0v) is 15.3. The molecule has 4 N–H and O–H groups in total. The molecule has 1 unspecified atom stereocenters. The topological polar surface area (TPSA) is 109 Å². The molecule has 26 heavy (non-hydrogen) atoms. The van der Waals surface area contributed by atoms with Crippen molar-refractivity contribution in [3.8, 4) is 11.4 Å². The van der Waals surface area contributed by atoms with Crippen LogP contribution in [0.15, 0.2) is 36.5 Å². The van der Waals surface area contributed by atoms with Crippen LogP contribution in [0.5, 0.6) is 0 Å². The van der Waals surface area contributed by atoms with Crippen molar-refractivity contribution in [2.45, 2.75) is 45.6 Å². The van der Waals surface area contributed by atoms with Crippen molar-refractivity contribution in [3.05, 3.63) is 48.0 Å². The molecular weight excluding hydrogens is 326 g/mol. The molecule has 1 aromatic carbocycles. The number of unbranched alkanes of at least 4 members (excludes halogenated alkanes) is 2. The fraction of sp³-hybridized carbons (Fsp3) is 0.368. The molecule has 3 rings (SSSR count). The maximum absolute atomic E-state index is 5.82. The van der Waals surface area contributed by atoms with Gasteiger partial charge in [-0.25, -0.2) is 4.98 Å². The van der Waals surface area contributed by atoms with E-state index in [1.807, 2.05) is 31.3 Å². The molecule has 2 aromatic heterocycles. The number of aryl methyl sites for hydroxylation is 1. The van der Waals surface area contributed by atoms with Crippen molar-refractivity contribution < 1.29 is 0 Å². The molecular formula is C19H25N7. The number of aromatic nitrogens is 5. The van der Waals surface area contributed by atoms with Crippen LogP contribution in [0.2, 0.25) is 0 Å². The van der Waals surface area contributed by atoms with Gasteiger partial charge in [-0.15, -0.1) is 0 Å². The van der Waals surface area contributed by atoms with Gasteiger partial charge in [0.15, 0.2) is 5.82 Å². The lowest BCUT2D eigenvalue weighted by molar-refractivity contribution is 0.486. The summed E-state index contributed by atoms with van der Waals surface area (Å²) in [5.41, 5.74) is 13.6. The predicted octanol–water partition coefficient (Wildman–Crippen LogP) is 3.38. The molecule has 3 aromatic rings. The average molecular weight is 351 g/mol. The predicted molar refractivity (Wildman–Crippen MR) is 103 cm³/mol. The molecule has 7 heteroatoms. The Bertz CT molecular complexity index is 837. The van der Waals surface area contributed by atoms with Crippen LogP contribution in [-0.4, -0.2) is 24.5 Å². The highest BCUT2D eigenvalue weighted by Gasteiger charge is 2.22. The number of nitrogen functional groups attached to an aromatic ring is 2. The molecule has 0 aliphatic carbocycles. The summed E-state index contributed by atoms with van der Waals surface area (Å²) in [5.74, 6) is 1.76. The number of hydrogen-bond acceptors (Lipinski definition) is 6. The Morgan fingerprint density at radius 1 is 0.962 bits per heavy atom. The molecule has 0 amide bonds. The van der Waals surface area contributed by atoms with Crippen LogP contribution < -0.4 is 11.5 Å². The highest BCUT2D eigenvalue weighted by molar-refractivity contribution is 5.56. The zero-order chi connectivity index (χ0) is 18.5. The number of benzene rings is 1. The van der Waals surface area contributed by atoms with Crippen LogP contribution in [0.3, 0.4) is 0 Å². The second-order valence-corrected chi connectivity index (χ2v) is 6.40. The van der Waals surface area contributed by atoms with Crippen LogP contribution in [0.25, 0.3) is 11.4 Å². The number of anilines is 2. The summed E-state index contributed by atoms with van der Waals surface area (Å²) in [5, 5.41) is 0. The molecule has 0 bridgehead atoms. The van der Waals surface area contributed by atoms with Crippen molar-refractivity contribution >= 4 is 11.9 Å². The normalized spacial score (nSPS) is 12.2. The Kier molecular flexibility index (Phi) is 5.46. The Hall–Kier alpha value is -2.96. The first-order chi connectivity index (χ1) is 12.6. The average Bonchev–Trinajstić information content (AvgIpc) is 3.00. The number of nitrogens with zero attached hydrogens (tertiary/aromatic N) is 5. The van der Waals surface area contributed by atoms with Gasteiger partial charge in [0.25, 0.3) is 0 Å². The van der Waals surface area contributed by atoms with Crippen LogP contribution >= 0.6 is 0 Å². The van der Waals surface area contributed by atoms with Crippen LogP contribution in [0.1, 0.15) is 50.2 Å². The highest BCUT2D eigenvalue weighted by Crippen LogP contribution is 2.29. The third-order valence-corrected chi connectivity index (χ3v) is 4.29. The van der Waals surface area contributed by atoms with Crippen molar-refractivity contribution in [1.29, 1.82) is 0 Å². The lowest BCUT2D eigenvalue weighted by Gasteiger charge is -2.20. The standard InChI is InChI=1S/C19H25N7/c1-3-4-6-11-15(16-23-18(20)25-19(21)24-16)26-12-13(2)22-17(26)14-9-7-5-8-10-14/h5,7-10,12,15H,3-4,6,11H2,1-2H3,(H4,20,21,23,24,25). The largest absolute Gasteiger partial charge is 0.368 e. The number of rotatable bonds is 7. The quantitative estimate of drug-likeness (QED) is 0.632. The van der Waals surface area contributed by atoms with E-state index >= 15 is 0 Å². The molecule has 1 atom stereocenters. The lowest BCUT2D eigenvalue weighted by atomic mass is 10.1. The summed E-state index contributed by atoms with van der Waals surface area (Å²) in [4.78, 5) is 17.4. The summed E-state index contributed by atoms with van der Waals surface area (Å²) >= 11 is 0. The van der Waals surface area contributed by atoms with Gasteiger partial charge >= 0.3 is 0 Å². The van der Waals surface area contributed by atoms with Gasteiger partial charge in [0, 0.05) is 11.8 Å². The Balaban J connectivity index is 2.07. The number of imidazole rings is 1. The van der Waals surface area contributed by atoms with E-state index in [9.17, 15) is 0 Å². The van der Waals surface area contributed by atoms with E-state index in [0.29, 0.717) is 5.82 Å². The SMILES string of the molecule is CCCCCC(c1nc(N)nc(N)n1)n1cc(C)nc1-c1ccccc1. The van der Waals surface area contributed by atoms with Gasteiger partial charge in [-0.05, 0) is 13.3 Å². The first kappa shape index (κ1) is 17.8. The lowest BCUT2D eigenvalue weighted by Crippen LogP contribution is -2.17. The van der Waals surface area contributed by atoms with E-state index < -0.39 is 0 Å². The minimum Gasteiger partial charge on any atom is -0.368 e. The maximum Gasteiger partial charge on any atom is 0.225 e. The number of hydrogen-bond donors (Lipinski definition) is 2. The van der Waals surface area contributed by atoms with Crippen LogP contribution in [0, 0.1) is 6.92 Å². The first-order valence-electron chi connectivity index (χ1n) is 8.96. The fourth-order valence-corrected chi connectivity index (χ4v) is 3.11. The summed E-state index contributed by atoms with van der Waals surface area (Å²) in [6, 6.07) is 10.0. The van der Waals surface area contributed by atoms with E-state index in [0.717, 1.165) is 42.8 Å². The van der Waals surface area contributed by atoms with E-state index in [1.165, 1.54) is 0 Å². The van der Waals surface area contributed by atoms with Gasteiger partial charge in [-0.1, -0.05) is 56.5 Å². The minimum absolute atomic E-state index is 0.0921. The van der Waals surface area contributed by atoms with Crippen molar-refractivity contribution in [1.82, 2.24) is 24.5 Å². The molecule has 0 aliphatic rings. The van der Waals surface area contributed by atoms with Gasteiger partial charge in [-0.3, -0.25) is 0 Å². The third kappa shape index (κ3) is 3.99. The van der Waals surface area contributed by atoms with Gasteiger partial charge in [-0.2, -0.15) is 15.0 Å². The molecule has 0 saturated heterocycles. The number of nitrogens with two attached hydrogens (primary N) is 2. The molecule has 0 spiro atoms. The molecule has 0 saturated carbocycles. The van der Waals surface area contributed by atoms with E-state index in [2.05, 4.69) is 38.6 Å². The minimum atomic E-state index is -0.0921. The summed E-state index contributed by atoms with van der Waals surface area (Å²) in [6.45, 7) is 4.17. The third-order valence-electron chi connectivity index (χ3n) is 4.29. The second-order valence-electron chi connectivity index (χ2n) is 6.40.